The number of alkyl halides is 4. The molecule has 43 heavy (non-hydrogen) atoms. The number of methoxy groups -OCH3 is 3. The first-order valence-electron chi connectivity index (χ1n) is 13.0. The molecule has 0 aromatic rings. The summed E-state index contributed by atoms with van der Waals surface area (Å²) in [6.45, 7) is 2.76. The Morgan fingerprint density at radius 2 is 0.930 bits per heavy atom. The van der Waals surface area contributed by atoms with Crippen molar-refractivity contribution in [3.8, 4) is 0 Å². The summed E-state index contributed by atoms with van der Waals surface area (Å²) in [4.78, 5) is 63.4. The summed E-state index contributed by atoms with van der Waals surface area (Å²) >= 11 is 17.7. The molecule has 0 fully saturated rings. The van der Waals surface area contributed by atoms with Crippen LogP contribution in [0.5, 0.6) is 0 Å². The largest absolute Gasteiger partial charge is 0.469 e. The quantitative estimate of drug-likeness (QED) is 0.0549. The van der Waals surface area contributed by atoms with Gasteiger partial charge in [-0.25, -0.2) is 0 Å². The number of rotatable bonds is 17. The zero-order valence-corrected chi connectivity index (χ0v) is 32.1. The van der Waals surface area contributed by atoms with Crippen molar-refractivity contribution in [2.24, 2.45) is 11.5 Å². The highest BCUT2D eigenvalue weighted by Gasteiger charge is 2.06. The first-order valence-corrected chi connectivity index (χ1v) is 17.8. The number of carbonyl (C=O) groups is 6. The fourth-order valence-electron chi connectivity index (χ4n) is 1.67. The summed E-state index contributed by atoms with van der Waals surface area (Å²) in [7, 11) is 3.88. The summed E-state index contributed by atoms with van der Waals surface area (Å²) < 4.78 is 13.0. The van der Waals surface area contributed by atoms with Gasteiger partial charge < -0.3 is 36.3 Å². The molecule has 0 bridgehead atoms. The van der Waals surface area contributed by atoms with Gasteiger partial charge in [0.2, 0.25) is 17.1 Å². The lowest BCUT2D eigenvalue weighted by Crippen LogP contribution is -2.25. The Hall–Kier alpha value is -0.850. The lowest BCUT2D eigenvalue weighted by atomic mass is 10.3. The maximum absolute atomic E-state index is 11.0. The third-order valence-corrected chi connectivity index (χ3v) is 5.98. The number of amides is 2. The number of hydrogen-bond acceptors (Lipinski definition) is 11. The fourth-order valence-corrected chi connectivity index (χ4v) is 2.57. The van der Waals surface area contributed by atoms with Crippen LogP contribution in [0.1, 0.15) is 51.4 Å². The minimum Gasteiger partial charge on any atom is -0.469 e. The number of nitrogens with one attached hydrogen (secondary N) is 2. The van der Waals surface area contributed by atoms with Crippen molar-refractivity contribution in [3.63, 3.8) is 0 Å². The van der Waals surface area contributed by atoms with Crippen LogP contribution >= 0.6 is 75.3 Å². The van der Waals surface area contributed by atoms with Crippen LogP contribution < -0.4 is 22.1 Å². The second kappa shape index (κ2) is 45.6. The van der Waals surface area contributed by atoms with Gasteiger partial charge in [-0.2, -0.15) is 0 Å². The average molecular weight is 903 g/mol. The van der Waals surface area contributed by atoms with Crippen molar-refractivity contribution in [2.75, 3.05) is 68.8 Å². The molecule has 13 nitrogen and oxygen atoms in total. The maximum atomic E-state index is 11.0. The van der Waals surface area contributed by atoms with Crippen LogP contribution in [0.3, 0.4) is 0 Å². The highest BCUT2D eigenvalue weighted by Crippen LogP contribution is 1.95. The number of esters is 3. The van der Waals surface area contributed by atoms with Gasteiger partial charge in [-0.15, -0.1) is 0 Å². The van der Waals surface area contributed by atoms with Gasteiger partial charge in [-0.3, -0.25) is 28.8 Å². The van der Waals surface area contributed by atoms with E-state index in [4.69, 9.17) is 23.1 Å². The standard InChI is InChI=1S/C8H14BrNO3.C7H12BrNO3.C5H7ClO3.C3H8BrN.C2H6BrN/c1-13-8(12)4-3-7(11)10-6-2-5-9;1-12-7(11)3-2-6(10)9-5-4-8;1-9-5(8)3-2-4(6)7;4-2-1-3-5;3-1-2-4/h2-6H2,1H3,(H,10,11);2-5H2,1H3,(H,9,10);2-3H2,1H3;1-3,5H2;1-2,4H2. The molecule has 2 amide bonds. The van der Waals surface area contributed by atoms with Gasteiger partial charge in [0, 0.05) is 60.2 Å². The Morgan fingerprint density at radius 3 is 1.19 bits per heavy atom. The van der Waals surface area contributed by atoms with E-state index in [9.17, 15) is 28.8 Å². The van der Waals surface area contributed by atoms with Gasteiger partial charge >= 0.3 is 17.9 Å². The molecule has 0 radical (unpaired) electrons. The zero-order chi connectivity index (χ0) is 34.3. The van der Waals surface area contributed by atoms with E-state index < -0.39 is 11.2 Å². The smallest absolute Gasteiger partial charge is 0.306 e. The van der Waals surface area contributed by atoms with E-state index >= 15 is 0 Å². The van der Waals surface area contributed by atoms with Crippen molar-refractivity contribution in [2.45, 2.75) is 51.4 Å². The van der Waals surface area contributed by atoms with E-state index in [-0.39, 0.29) is 62.3 Å². The number of ether oxygens (including phenoxy) is 3. The fraction of sp³-hybridized carbons (Fsp3) is 0.760. The number of nitrogens with two attached hydrogens (primary N) is 2. The van der Waals surface area contributed by atoms with Gasteiger partial charge in [0.25, 0.3) is 0 Å². The van der Waals surface area contributed by atoms with E-state index in [0.29, 0.717) is 13.1 Å². The van der Waals surface area contributed by atoms with E-state index in [1.165, 1.54) is 21.3 Å². The van der Waals surface area contributed by atoms with Crippen molar-refractivity contribution in [3.05, 3.63) is 0 Å². The molecule has 0 saturated carbocycles. The Balaban J connectivity index is -0.000000148. The van der Waals surface area contributed by atoms with Crippen molar-refractivity contribution >= 4 is 110 Å². The lowest BCUT2D eigenvalue weighted by Gasteiger charge is -2.02. The molecule has 0 aliphatic rings. The molecule has 0 unspecified atom stereocenters. The van der Waals surface area contributed by atoms with Crippen LogP contribution in [-0.2, 0) is 43.0 Å². The van der Waals surface area contributed by atoms with E-state index in [2.05, 4.69) is 88.6 Å². The SMILES string of the molecule is COC(=O)CCC(=O)Cl.COC(=O)CCC(=O)NCCBr.COC(=O)CCC(=O)NCCCBr.NCCBr.NCCCBr. The average Bonchev–Trinajstić information content (AvgIpc) is 3.01. The molecule has 0 spiro atoms. The van der Waals surface area contributed by atoms with Gasteiger partial charge in [0.15, 0.2) is 0 Å². The summed E-state index contributed by atoms with van der Waals surface area (Å²) in [5.74, 6) is -1.35. The normalized spacial score (nSPS) is 8.88. The summed E-state index contributed by atoms with van der Waals surface area (Å²) in [5, 5.41) is 8.32. The summed E-state index contributed by atoms with van der Waals surface area (Å²) in [5.41, 5.74) is 10.1. The molecule has 18 heteroatoms. The Bertz CT molecular complexity index is 710. The van der Waals surface area contributed by atoms with Crippen LogP contribution in [0.25, 0.3) is 0 Å². The minimum atomic E-state index is -0.514. The van der Waals surface area contributed by atoms with Gasteiger partial charge in [0.1, 0.15) is 0 Å². The maximum Gasteiger partial charge on any atom is 0.306 e. The van der Waals surface area contributed by atoms with Crippen molar-refractivity contribution in [1.82, 2.24) is 10.6 Å². The zero-order valence-electron chi connectivity index (χ0n) is 25.0. The van der Waals surface area contributed by atoms with Crippen LogP contribution in [0.4, 0.5) is 0 Å². The number of halogens is 5. The molecule has 0 aliphatic carbocycles. The van der Waals surface area contributed by atoms with E-state index in [1.54, 1.807) is 0 Å². The number of carbonyl (C=O) groups excluding carboxylic acids is 6. The molecule has 0 aromatic carbocycles. The molecule has 0 aromatic heterocycles. The first kappa shape index (κ1) is 51.7. The first-order chi connectivity index (χ1) is 20.4. The predicted molar refractivity (Wildman–Crippen MR) is 183 cm³/mol. The Morgan fingerprint density at radius 1 is 0.558 bits per heavy atom. The monoisotopic (exact) mass is 898 g/mol. The summed E-state index contributed by atoms with van der Waals surface area (Å²) in [6, 6.07) is 0. The lowest BCUT2D eigenvalue weighted by molar-refractivity contribution is -0.142. The van der Waals surface area contributed by atoms with Crippen LogP contribution in [-0.4, -0.2) is 104 Å². The topological polar surface area (TPSA) is 206 Å². The molecule has 0 rings (SSSR count). The van der Waals surface area contributed by atoms with E-state index in [1.807, 2.05) is 0 Å². The minimum absolute atomic E-state index is 0.0498. The molecular formula is C25H47Br4ClN4O9. The van der Waals surface area contributed by atoms with Gasteiger partial charge in [0.05, 0.1) is 40.6 Å². The van der Waals surface area contributed by atoms with Crippen LogP contribution in [0.15, 0.2) is 0 Å². The number of hydrogen-bond donors (Lipinski definition) is 4. The van der Waals surface area contributed by atoms with Gasteiger partial charge in [-0.05, 0) is 31.0 Å². The van der Waals surface area contributed by atoms with Crippen molar-refractivity contribution in [1.29, 1.82) is 0 Å². The van der Waals surface area contributed by atoms with Crippen molar-refractivity contribution < 1.29 is 43.0 Å². The van der Waals surface area contributed by atoms with Gasteiger partial charge in [-0.1, -0.05) is 63.7 Å². The summed E-state index contributed by atoms with van der Waals surface area (Å²) in [6.07, 6.45) is 2.78. The van der Waals surface area contributed by atoms with E-state index in [0.717, 1.165) is 47.3 Å². The second-order valence-corrected chi connectivity index (χ2v) is 10.9. The second-order valence-electron chi connectivity index (χ2n) is 7.32. The third kappa shape index (κ3) is 61.0. The molecular weight excluding hydrogens is 855 g/mol. The Labute approximate surface area is 293 Å². The third-order valence-electron chi connectivity index (χ3n) is 3.82. The highest BCUT2D eigenvalue weighted by molar-refractivity contribution is 9.09. The Kier molecular flexibility index (Phi) is 54.8. The predicted octanol–water partition coefficient (Wildman–Crippen LogP) is 3.07. The molecule has 0 aliphatic heterocycles. The highest BCUT2D eigenvalue weighted by atomic mass is 79.9. The molecule has 256 valence electrons. The molecule has 0 heterocycles. The molecule has 0 saturated heterocycles. The molecule has 6 N–H and O–H groups in total. The molecule has 0 atom stereocenters. The van der Waals surface area contributed by atoms with Crippen LogP contribution in [0, 0.1) is 0 Å². The van der Waals surface area contributed by atoms with Crippen LogP contribution in [0.2, 0.25) is 0 Å².